The molecule has 0 spiro atoms. The molecule has 0 aliphatic heterocycles. The molecular weight excluding hydrogens is 218 g/mol. The molecular formula is C12H19N3O2. The molecule has 0 unspecified atom stereocenters. The number of hydrogen-bond donors (Lipinski definition) is 1. The first-order valence-electron chi connectivity index (χ1n) is 5.92. The van der Waals surface area contributed by atoms with Crippen LogP contribution in [0, 0.1) is 12.8 Å². The van der Waals surface area contributed by atoms with E-state index >= 15 is 0 Å². The van der Waals surface area contributed by atoms with Gasteiger partial charge in [0, 0.05) is 11.8 Å². The van der Waals surface area contributed by atoms with Crippen molar-refractivity contribution in [3.8, 4) is 11.9 Å². The van der Waals surface area contributed by atoms with E-state index in [1.54, 1.807) is 13.2 Å². The van der Waals surface area contributed by atoms with Crippen LogP contribution in [0.2, 0.25) is 0 Å². The lowest BCUT2D eigenvalue weighted by Gasteiger charge is -2.34. The van der Waals surface area contributed by atoms with E-state index in [2.05, 4.69) is 15.3 Å². The van der Waals surface area contributed by atoms with Crippen LogP contribution < -0.4 is 14.8 Å². The van der Waals surface area contributed by atoms with Gasteiger partial charge in [-0.15, -0.1) is 0 Å². The third kappa shape index (κ3) is 3.06. The van der Waals surface area contributed by atoms with Gasteiger partial charge in [-0.1, -0.05) is 0 Å². The molecule has 94 valence electrons. The Morgan fingerprint density at radius 3 is 2.82 bits per heavy atom. The zero-order valence-electron chi connectivity index (χ0n) is 10.6. The highest BCUT2D eigenvalue weighted by Gasteiger charge is 2.30. The van der Waals surface area contributed by atoms with E-state index in [-0.39, 0.29) is 6.10 Å². The number of nitrogens with one attached hydrogen (secondary N) is 1. The Morgan fingerprint density at radius 1 is 1.41 bits per heavy atom. The molecule has 0 aromatic carbocycles. The van der Waals surface area contributed by atoms with E-state index in [1.165, 1.54) is 0 Å². The molecule has 1 aromatic heterocycles. The second-order valence-corrected chi connectivity index (χ2v) is 4.47. The van der Waals surface area contributed by atoms with E-state index < -0.39 is 0 Å². The fourth-order valence-electron chi connectivity index (χ4n) is 2.05. The Bertz CT molecular complexity index is 378. The van der Waals surface area contributed by atoms with Crippen LogP contribution >= 0.6 is 0 Å². The largest absolute Gasteiger partial charge is 0.481 e. The summed E-state index contributed by atoms with van der Waals surface area (Å²) < 4.78 is 10.8. The first-order valence-corrected chi connectivity index (χ1v) is 5.92. The highest BCUT2D eigenvalue weighted by Crippen LogP contribution is 2.30. The van der Waals surface area contributed by atoms with Gasteiger partial charge in [0.05, 0.1) is 7.11 Å². The molecule has 17 heavy (non-hydrogen) atoms. The number of hydrogen-bond acceptors (Lipinski definition) is 5. The van der Waals surface area contributed by atoms with Crippen molar-refractivity contribution >= 4 is 0 Å². The lowest BCUT2D eigenvalue weighted by Crippen LogP contribution is -2.39. The van der Waals surface area contributed by atoms with Crippen LogP contribution in [0.4, 0.5) is 0 Å². The molecule has 0 radical (unpaired) electrons. The van der Waals surface area contributed by atoms with Gasteiger partial charge in [0.25, 0.3) is 0 Å². The van der Waals surface area contributed by atoms with E-state index in [0.717, 1.165) is 31.0 Å². The van der Waals surface area contributed by atoms with Crippen LogP contribution in [0.3, 0.4) is 0 Å². The normalized spacial score (nSPS) is 23.0. The van der Waals surface area contributed by atoms with Gasteiger partial charge in [0.15, 0.2) is 0 Å². The van der Waals surface area contributed by atoms with E-state index in [1.807, 2.05) is 14.0 Å². The predicted octanol–water partition coefficient (Wildman–Crippen LogP) is 1.17. The Labute approximate surface area is 102 Å². The minimum atomic E-state index is 0.250. The molecule has 1 aromatic rings. The van der Waals surface area contributed by atoms with Crippen LogP contribution in [0.1, 0.15) is 18.5 Å². The Morgan fingerprint density at radius 2 is 2.18 bits per heavy atom. The van der Waals surface area contributed by atoms with Gasteiger partial charge >= 0.3 is 6.01 Å². The number of aryl methyl sites for hydroxylation is 1. The summed E-state index contributed by atoms with van der Waals surface area (Å²) >= 11 is 0. The summed E-state index contributed by atoms with van der Waals surface area (Å²) in [5, 5.41) is 3.17. The van der Waals surface area contributed by atoms with Crippen molar-refractivity contribution < 1.29 is 9.47 Å². The van der Waals surface area contributed by atoms with E-state index in [9.17, 15) is 0 Å². The van der Waals surface area contributed by atoms with Crippen LogP contribution in [0.15, 0.2) is 6.07 Å². The van der Waals surface area contributed by atoms with Crippen LogP contribution in [0.5, 0.6) is 11.9 Å². The fourth-order valence-corrected chi connectivity index (χ4v) is 2.05. The molecule has 1 fully saturated rings. The van der Waals surface area contributed by atoms with Crippen LogP contribution in [-0.4, -0.2) is 36.8 Å². The molecule has 0 atom stereocenters. The maximum Gasteiger partial charge on any atom is 0.320 e. The van der Waals surface area contributed by atoms with Crippen molar-refractivity contribution in [2.75, 3.05) is 20.7 Å². The molecule has 5 nitrogen and oxygen atoms in total. The summed E-state index contributed by atoms with van der Waals surface area (Å²) in [7, 11) is 3.57. The minimum absolute atomic E-state index is 0.250. The molecule has 1 N–H and O–H groups in total. The lowest BCUT2D eigenvalue weighted by molar-refractivity contribution is 0.0565. The summed E-state index contributed by atoms with van der Waals surface area (Å²) in [5.41, 5.74) is 0.859. The Balaban J connectivity index is 1.89. The Kier molecular flexibility index (Phi) is 3.78. The third-order valence-electron chi connectivity index (χ3n) is 2.98. The van der Waals surface area contributed by atoms with Gasteiger partial charge in [-0.05, 0) is 39.3 Å². The van der Waals surface area contributed by atoms with Crippen molar-refractivity contribution in [3.05, 3.63) is 11.8 Å². The molecule has 0 saturated heterocycles. The van der Waals surface area contributed by atoms with Gasteiger partial charge in [0.1, 0.15) is 6.10 Å². The van der Waals surface area contributed by atoms with E-state index in [4.69, 9.17) is 9.47 Å². The predicted molar refractivity (Wildman–Crippen MR) is 64.4 cm³/mol. The molecule has 0 amide bonds. The molecule has 1 aliphatic carbocycles. The smallest absolute Gasteiger partial charge is 0.320 e. The van der Waals surface area contributed by atoms with Crippen molar-refractivity contribution in [1.29, 1.82) is 0 Å². The average Bonchev–Trinajstić information content (AvgIpc) is 2.25. The molecule has 5 heteroatoms. The maximum atomic E-state index is 5.72. The second-order valence-electron chi connectivity index (χ2n) is 4.47. The highest BCUT2D eigenvalue weighted by atomic mass is 16.5. The van der Waals surface area contributed by atoms with Gasteiger partial charge in [0.2, 0.25) is 5.88 Å². The van der Waals surface area contributed by atoms with Gasteiger partial charge in [-0.25, -0.2) is 4.98 Å². The quantitative estimate of drug-likeness (QED) is 0.833. The molecule has 1 heterocycles. The molecule has 1 saturated carbocycles. The summed E-state index contributed by atoms with van der Waals surface area (Å²) in [5.74, 6) is 1.27. The molecule has 2 rings (SSSR count). The van der Waals surface area contributed by atoms with Crippen LogP contribution in [-0.2, 0) is 0 Å². The average molecular weight is 237 g/mol. The number of rotatable bonds is 5. The standard InChI is InChI=1S/C12H19N3O2/c1-8-4-11(16-3)15-12(14-8)17-10-5-9(6-10)7-13-2/h4,9-10,13H,5-7H2,1-3H3. The van der Waals surface area contributed by atoms with E-state index in [0.29, 0.717) is 11.9 Å². The van der Waals surface area contributed by atoms with Crippen molar-refractivity contribution in [1.82, 2.24) is 15.3 Å². The number of ether oxygens (including phenoxy) is 2. The lowest BCUT2D eigenvalue weighted by atomic mass is 9.82. The number of methoxy groups -OCH3 is 1. The zero-order valence-corrected chi connectivity index (χ0v) is 10.6. The van der Waals surface area contributed by atoms with Crippen molar-refractivity contribution in [3.63, 3.8) is 0 Å². The summed E-state index contributed by atoms with van der Waals surface area (Å²) in [6, 6.07) is 2.21. The monoisotopic (exact) mass is 237 g/mol. The van der Waals surface area contributed by atoms with Crippen molar-refractivity contribution in [2.24, 2.45) is 5.92 Å². The Hall–Kier alpha value is -1.36. The number of nitrogens with zero attached hydrogens (tertiary/aromatic N) is 2. The van der Waals surface area contributed by atoms with Crippen molar-refractivity contribution in [2.45, 2.75) is 25.9 Å². The summed E-state index contributed by atoms with van der Waals surface area (Å²) in [6.07, 6.45) is 2.39. The first-order chi connectivity index (χ1) is 8.21. The minimum Gasteiger partial charge on any atom is -0.481 e. The second kappa shape index (κ2) is 5.31. The van der Waals surface area contributed by atoms with Crippen LogP contribution in [0.25, 0.3) is 0 Å². The zero-order chi connectivity index (χ0) is 12.3. The summed E-state index contributed by atoms with van der Waals surface area (Å²) in [4.78, 5) is 8.42. The molecule has 0 bridgehead atoms. The van der Waals surface area contributed by atoms with Gasteiger partial charge in [-0.2, -0.15) is 4.98 Å². The van der Waals surface area contributed by atoms with Gasteiger partial charge in [-0.3, -0.25) is 0 Å². The SMILES string of the molecule is CNCC1CC(Oc2nc(C)cc(OC)n2)C1. The topological polar surface area (TPSA) is 56.3 Å². The first kappa shape index (κ1) is 12.1. The molecule has 1 aliphatic rings. The summed E-state index contributed by atoms with van der Waals surface area (Å²) in [6.45, 7) is 2.96. The number of aromatic nitrogens is 2. The maximum absolute atomic E-state index is 5.72. The highest BCUT2D eigenvalue weighted by molar-refractivity contribution is 5.17. The third-order valence-corrected chi connectivity index (χ3v) is 2.98. The van der Waals surface area contributed by atoms with Gasteiger partial charge < -0.3 is 14.8 Å². The fraction of sp³-hybridized carbons (Fsp3) is 0.667.